The highest BCUT2D eigenvalue weighted by Gasteiger charge is 2.36. The molecule has 0 rings (SSSR count). The Bertz CT molecular complexity index is 427. The monoisotopic (exact) mass is 408 g/mol. The zero-order chi connectivity index (χ0) is 19.9. The van der Waals surface area contributed by atoms with Crippen molar-refractivity contribution in [3.8, 4) is 0 Å². The molecule has 0 aliphatic heterocycles. The van der Waals surface area contributed by atoms with Crippen molar-refractivity contribution in [1.82, 2.24) is 0 Å². The van der Waals surface area contributed by atoms with Crippen molar-refractivity contribution in [2.45, 2.75) is 96.7 Å². The lowest BCUT2D eigenvalue weighted by Gasteiger charge is -2.12. The average molecular weight is 408 g/mol. The van der Waals surface area contributed by atoms with Crippen LogP contribution in [-0.2, 0) is 19.0 Å². The SMILES string of the molecule is CCCCCCCCCCCCCCOS(=O)(=O)CC(F)OC(F)(F)F. The van der Waals surface area contributed by atoms with E-state index in [1.807, 2.05) is 0 Å². The molecule has 0 heterocycles. The molecule has 0 N–H and O–H groups in total. The van der Waals surface area contributed by atoms with Gasteiger partial charge in [-0.3, -0.25) is 8.92 Å². The molecule has 0 spiro atoms. The van der Waals surface area contributed by atoms with E-state index in [1.165, 1.54) is 44.9 Å². The average Bonchev–Trinajstić information content (AvgIpc) is 2.49. The lowest BCUT2D eigenvalue weighted by molar-refractivity contribution is -0.356. The molecule has 4 nitrogen and oxygen atoms in total. The minimum Gasteiger partial charge on any atom is -0.270 e. The van der Waals surface area contributed by atoms with E-state index in [4.69, 9.17) is 0 Å². The molecular formula is C17H32F4O4S. The van der Waals surface area contributed by atoms with Gasteiger partial charge in [0.1, 0.15) is 5.75 Å². The Morgan fingerprint density at radius 1 is 0.808 bits per heavy atom. The first-order chi connectivity index (χ1) is 12.2. The first-order valence-electron chi connectivity index (χ1n) is 9.42. The molecule has 0 aromatic rings. The molecule has 0 radical (unpaired) electrons. The van der Waals surface area contributed by atoms with Gasteiger partial charge < -0.3 is 0 Å². The molecule has 0 saturated carbocycles. The van der Waals surface area contributed by atoms with Crippen LogP contribution in [0.15, 0.2) is 0 Å². The number of rotatable bonds is 17. The Morgan fingerprint density at radius 2 is 1.23 bits per heavy atom. The number of ether oxygens (including phenoxy) is 1. The van der Waals surface area contributed by atoms with E-state index < -0.39 is 28.6 Å². The maximum absolute atomic E-state index is 12.9. The van der Waals surface area contributed by atoms with Crippen LogP contribution in [0.1, 0.15) is 84.0 Å². The van der Waals surface area contributed by atoms with E-state index in [-0.39, 0.29) is 6.61 Å². The summed E-state index contributed by atoms with van der Waals surface area (Å²) >= 11 is 0. The van der Waals surface area contributed by atoms with Gasteiger partial charge in [0.25, 0.3) is 10.1 Å². The van der Waals surface area contributed by atoms with Gasteiger partial charge in [-0.1, -0.05) is 77.6 Å². The van der Waals surface area contributed by atoms with Crippen molar-refractivity contribution in [2.24, 2.45) is 0 Å². The Hall–Kier alpha value is -0.410. The molecule has 0 aromatic carbocycles. The van der Waals surface area contributed by atoms with Crippen LogP contribution in [-0.4, -0.2) is 33.5 Å². The fourth-order valence-corrected chi connectivity index (χ4v) is 3.37. The first kappa shape index (κ1) is 25.6. The summed E-state index contributed by atoms with van der Waals surface area (Å²) < 4.78 is 78.2. The fourth-order valence-electron chi connectivity index (χ4n) is 2.52. The summed E-state index contributed by atoms with van der Waals surface area (Å²) in [5, 5.41) is 0. The smallest absolute Gasteiger partial charge is 0.270 e. The third-order valence-electron chi connectivity index (χ3n) is 3.86. The van der Waals surface area contributed by atoms with Crippen LogP contribution in [0.4, 0.5) is 17.6 Å². The summed E-state index contributed by atoms with van der Waals surface area (Å²) in [7, 11) is -4.37. The van der Waals surface area contributed by atoms with Gasteiger partial charge in [-0.05, 0) is 6.42 Å². The molecule has 1 atom stereocenters. The topological polar surface area (TPSA) is 52.6 Å². The third kappa shape index (κ3) is 18.4. The van der Waals surface area contributed by atoms with Crippen molar-refractivity contribution in [3.05, 3.63) is 0 Å². The third-order valence-corrected chi connectivity index (χ3v) is 5.05. The van der Waals surface area contributed by atoms with Crippen molar-refractivity contribution in [2.75, 3.05) is 12.4 Å². The van der Waals surface area contributed by atoms with Crippen LogP contribution in [0.25, 0.3) is 0 Å². The standard InChI is InChI=1S/C17H32F4O4S/c1-2-3-4-5-6-7-8-9-10-11-12-13-14-24-26(22,23)15-16(18)25-17(19,20)21/h16H,2-15H2,1H3. The zero-order valence-electron chi connectivity index (χ0n) is 15.5. The van der Waals surface area contributed by atoms with E-state index in [1.54, 1.807) is 0 Å². The first-order valence-corrected chi connectivity index (χ1v) is 11.0. The second-order valence-corrected chi connectivity index (χ2v) is 8.09. The molecule has 0 amide bonds. The fraction of sp³-hybridized carbons (Fsp3) is 1.00. The highest BCUT2D eigenvalue weighted by Crippen LogP contribution is 2.20. The minimum atomic E-state index is -5.22. The Balaban J connectivity index is 3.51. The molecule has 0 bridgehead atoms. The second-order valence-electron chi connectivity index (χ2n) is 6.41. The summed E-state index contributed by atoms with van der Waals surface area (Å²) in [6.45, 7) is 2.04. The molecular weight excluding hydrogens is 376 g/mol. The lowest BCUT2D eigenvalue weighted by Crippen LogP contribution is -2.28. The summed E-state index contributed by atoms with van der Waals surface area (Å²) in [4.78, 5) is 0. The minimum absolute atomic E-state index is 0.154. The van der Waals surface area contributed by atoms with Gasteiger partial charge in [-0.2, -0.15) is 8.42 Å². The van der Waals surface area contributed by atoms with E-state index in [0.717, 1.165) is 25.7 Å². The predicted molar refractivity (Wildman–Crippen MR) is 92.9 cm³/mol. The van der Waals surface area contributed by atoms with Gasteiger partial charge in [-0.25, -0.2) is 4.39 Å². The van der Waals surface area contributed by atoms with E-state index in [9.17, 15) is 26.0 Å². The normalized spacial score (nSPS) is 13.9. The Kier molecular flexibility index (Phi) is 14.4. The molecule has 0 aromatic heterocycles. The molecule has 0 aliphatic carbocycles. The summed E-state index contributed by atoms with van der Waals surface area (Å²) in [5.41, 5.74) is 0. The van der Waals surface area contributed by atoms with E-state index in [0.29, 0.717) is 6.42 Å². The number of hydrogen-bond acceptors (Lipinski definition) is 4. The van der Waals surface area contributed by atoms with Gasteiger partial charge >= 0.3 is 6.36 Å². The van der Waals surface area contributed by atoms with Crippen molar-refractivity contribution in [3.63, 3.8) is 0 Å². The Labute approximate surface area is 154 Å². The number of hydrogen-bond donors (Lipinski definition) is 0. The van der Waals surface area contributed by atoms with Gasteiger partial charge in [0.2, 0.25) is 6.36 Å². The van der Waals surface area contributed by atoms with Crippen LogP contribution in [0, 0.1) is 0 Å². The maximum Gasteiger partial charge on any atom is 0.525 e. The number of unbranched alkanes of at least 4 members (excludes halogenated alkanes) is 11. The molecule has 0 fully saturated rings. The quantitative estimate of drug-likeness (QED) is 0.172. The predicted octanol–water partition coefficient (Wildman–Crippen LogP) is 5.87. The molecule has 0 saturated heterocycles. The molecule has 1 unspecified atom stereocenters. The molecule has 9 heteroatoms. The van der Waals surface area contributed by atoms with Gasteiger partial charge in [0, 0.05) is 0 Å². The van der Waals surface area contributed by atoms with Gasteiger partial charge in [-0.15, -0.1) is 13.2 Å². The van der Waals surface area contributed by atoms with Gasteiger partial charge in [0.15, 0.2) is 0 Å². The second kappa shape index (κ2) is 14.6. The van der Waals surface area contributed by atoms with Crippen LogP contribution >= 0.6 is 0 Å². The highest BCUT2D eigenvalue weighted by atomic mass is 32.2. The lowest BCUT2D eigenvalue weighted by atomic mass is 10.1. The van der Waals surface area contributed by atoms with Crippen molar-refractivity contribution >= 4 is 10.1 Å². The Morgan fingerprint density at radius 3 is 1.65 bits per heavy atom. The summed E-state index contributed by atoms with van der Waals surface area (Å²) in [6.07, 6.45) is 5.08. The molecule has 0 aliphatic rings. The number of alkyl halides is 4. The summed E-state index contributed by atoms with van der Waals surface area (Å²) in [6, 6.07) is 0. The maximum atomic E-state index is 12.9. The van der Waals surface area contributed by atoms with Crippen molar-refractivity contribution < 1.29 is 34.9 Å². The zero-order valence-corrected chi connectivity index (χ0v) is 16.3. The van der Waals surface area contributed by atoms with E-state index >= 15 is 0 Å². The van der Waals surface area contributed by atoms with Gasteiger partial charge in [0.05, 0.1) is 6.61 Å². The molecule has 158 valence electrons. The van der Waals surface area contributed by atoms with Crippen LogP contribution in [0.3, 0.4) is 0 Å². The van der Waals surface area contributed by atoms with E-state index in [2.05, 4.69) is 15.8 Å². The van der Waals surface area contributed by atoms with Crippen LogP contribution in [0.5, 0.6) is 0 Å². The largest absolute Gasteiger partial charge is 0.525 e. The highest BCUT2D eigenvalue weighted by molar-refractivity contribution is 7.86. The van der Waals surface area contributed by atoms with Crippen LogP contribution in [0.2, 0.25) is 0 Å². The summed E-state index contributed by atoms with van der Waals surface area (Å²) in [5.74, 6) is -1.47. The van der Waals surface area contributed by atoms with Crippen molar-refractivity contribution in [1.29, 1.82) is 0 Å². The number of halogens is 4. The van der Waals surface area contributed by atoms with Crippen LogP contribution < -0.4 is 0 Å². The molecule has 26 heavy (non-hydrogen) atoms.